The maximum atomic E-state index is 14.0. The molecular weight excluding hydrogens is 380 g/mol. The number of allylic oxidation sites excluding steroid dienone is 2. The SMILES string of the molecule is O=C1CCCC(O)=C1C(=O)c1ccc2nccc(Oc3ccc(F)cc3F)c2c1. The van der Waals surface area contributed by atoms with E-state index in [0.717, 1.165) is 12.1 Å². The lowest BCUT2D eigenvalue weighted by atomic mass is 9.90. The Hall–Kier alpha value is -3.61. The van der Waals surface area contributed by atoms with E-state index in [9.17, 15) is 23.5 Å². The molecule has 0 radical (unpaired) electrons. The fourth-order valence-corrected chi connectivity index (χ4v) is 3.26. The number of ether oxygens (including phenoxy) is 1. The summed E-state index contributed by atoms with van der Waals surface area (Å²) >= 11 is 0. The molecule has 1 aliphatic carbocycles. The summed E-state index contributed by atoms with van der Waals surface area (Å²) in [5.74, 6) is -2.76. The minimum Gasteiger partial charge on any atom is -0.511 e. The number of ketones is 2. The summed E-state index contributed by atoms with van der Waals surface area (Å²) in [5, 5.41) is 10.4. The highest BCUT2D eigenvalue weighted by atomic mass is 19.1. The lowest BCUT2D eigenvalue weighted by Crippen LogP contribution is -2.19. The van der Waals surface area contributed by atoms with E-state index in [0.29, 0.717) is 23.4 Å². The van der Waals surface area contributed by atoms with Gasteiger partial charge in [-0.3, -0.25) is 14.6 Å². The quantitative estimate of drug-likeness (QED) is 0.494. The van der Waals surface area contributed by atoms with Crippen molar-refractivity contribution in [1.29, 1.82) is 0 Å². The van der Waals surface area contributed by atoms with Crippen molar-refractivity contribution in [3.8, 4) is 11.5 Å². The van der Waals surface area contributed by atoms with Crippen LogP contribution in [0.1, 0.15) is 29.6 Å². The smallest absolute Gasteiger partial charge is 0.200 e. The van der Waals surface area contributed by atoms with Crippen LogP contribution in [0.25, 0.3) is 10.9 Å². The summed E-state index contributed by atoms with van der Waals surface area (Å²) in [4.78, 5) is 29.1. The Kier molecular flexibility index (Phi) is 4.80. The van der Waals surface area contributed by atoms with Gasteiger partial charge < -0.3 is 9.84 Å². The summed E-state index contributed by atoms with van der Waals surface area (Å²) < 4.78 is 32.7. The second kappa shape index (κ2) is 7.43. The van der Waals surface area contributed by atoms with E-state index in [1.165, 1.54) is 24.4 Å². The highest BCUT2D eigenvalue weighted by molar-refractivity contribution is 6.27. The van der Waals surface area contributed by atoms with Gasteiger partial charge in [0.1, 0.15) is 22.9 Å². The van der Waals surface area contributed by atoms with Crippen LogP contribution in [0.5, 0.6) is 11.5 Å². The molecule has 0 unspecified atom stereocenters. The lowest BCUT2D eigenvalue weighted by molar-refractivity contribution is -0.116. The van der Waals surface area contributed by atoms with Crippen LogP contribution < -0.4 is 4.74 Å². The second-order valence-electron chi connectivity index (χ2n) is 6.65. The average Bonchev–Trinajstić information content (AvgIpc) is 2.69. The molecule has 5 nitrogen and oxygen atoms in total. The molecule has 146 valence electrons. The molecule has 3 aromatic rings. The van der Waals surface area contributed by atoms with Gasteiger partial charge in [0.25, 0.3) is 0 Å². The van der Waals surface area contributed by atoms with Crippen molar-refractivity contribution in [3.05, 3.63) is 77.2 Å². The van der Waals surface area contributed by atoms with Crippen molar-refractivity contribution in [3.63, 3.8) is 0 Å². The van der Waals surface area contributed by atoms with Crippen LogP contribution in [0.3, 0.4) is 0 Å². The van der Waals surface area contributed by atoms with Crippen molar-refractivity contribution < 1.29 is 28.2 Å². The summed E-state index contributed by atoms with van der Waals surface area (Å²) in [7, 11) is 0. The van der Waals surface area contributed by atoms with Crippen LogP contribution in [-0.2, 0) is 4.79 Å². The second-order valence-corrected chi connectivity index (χ2v) is 6.65. The third-order valence-electron chi connectivity index (χ3n) is 4.69. The normalized spacial score (nSPS) is 14.3. The van der Waals surface area contributed by atoms with Gasteiger partial charge in [-0.15, -0.1) is 0 Å². The van der Waals surface area contributed by atoms with Gasteiger partial charge in [0.15, 0.2) is 23.1 Å². The van der Waals surface area contributed by atoms with Crippen LogP contribution in [-0.4, -0.2) is 21.7 Å². The van der Waals surface area contributed by atoms with E-state index in [2.05, 4.69) is 4.98 Å². The molecule has 1 aromatic heterocycles. The zero-order valence-corrected chi connectivity index (χ0v) is 15.1. The van der Waals surface area contributed by atoms with Crippen LogP contribution >= 0.6 is 0 Å². The first-order valence-corrected chi connectivity index (χ1v) is 8.96. The largest absolute Gasteiger partial charge is 0.511 e. The fourth-order valence-electron chi connectivity index (χ4n) is 3.26. The minimum atomic E-state index is -0.870. The topological polar surface area (TPSA) is 76.5 Å². The van der Waals surface area contributed by atoms with E-state index in [1.807, 2.05) is 0 Å². The number of hydrogen-bond donors (Lipinski definition) is 1. The molecule has 0 bridgehead atoms. The van der Waals surface area contributed by atoms with E-state index in [1.54, 1.807) is 6.07 Å². The number of aromatic nitrogens is 1. The number of nitrogens with zero attached hydrogens (tertiary/aromatic N) is 1. The Balaban J connectivity index is 1.76. The van der Waals surface area contributed by atoms with E-state index < -0.39 is 23.2 Å². The monoisotopic (exact) mass is 395 g/mol. The third kappa shape index (κ3) is 3.59. The van der Waals surface area contributed by atoms with Crippen molar-refractivity contribution in [2.45, 2.75) is 19.3 Å². The first kappa shape index (κ1) is 18.7. The van der Waals surface area contributed by atoms with Crippen molar-refractivity contribution >= 4 is 22.5 Å². The zero-order valence-electron chi connectivity index (χ0n) is 15.1. The molecule has 0 amide bonds. The zero-order chi connectivity index (χ0) is 20.5. The predicted molar refractivity (Wildman–Crippen MR) is 101 cm³/mol. The number of hydrogen-bond acceptors (Lipinski definition) is 5. The third-order valence-corrected chi connectivity index (χ3v) is 4.69. The highest BCUT2D eigenvalue weighted by Crippen LogP contribution is 2.32. The Bertz CT molecular complexity index is 1190. The van der Waals surface area contributed by atoms with Crippen LogP contribution in [0.2, 0.25) is 0 Å². The summed E-state index contributed by atoms with van der Waals surface area (Å²) in [5.41, 5.74) is 0.452. The lowest BCUT2D eigenvalue weighted by Gasteiger charge is -2.15. The van der Waals surface area contributed by atoms with E-state index in [4.69, 9.17) is 4.74 Å². The number of carbonyl (C=O) groups excluding carboxylic acids is 2. The van der Waals surface area contributed by atoms with Gasteiger partial charge in [0, 0.05) is 36.1 Å². The predicted octanol–water partition coefficient (Wildman–Crippen LogP) is 5.05. The molecule has 2 aromatic carbocycles. The number of pyridine rings is 1. The van der Waals surface area contributed by atoms with Crippen molar-refractivity contribution in [1.82, 2.24) is 4.98 Å². The van der Waals surface area contributed by atoms with Gasteiger partial charge in [-0.1, -0.05) is 0 Å². The molecule has 0 aliphatic heterocycles. The Morgan fingerprint density at radius 1 is 1.03 bits per heavy atom. The molecule has 1 heterocycles. The standard InChI is InChI=1S/C22H15F2NO4/c23-13-5-7-20(15(24)11-13)29-19-8-9-25-16-6-4-12(10-14(16)19)22(28)21-17(26)2-1-3-18(21)27/h4-11,26H,1-3H2. The maximum absolute atomic E-state index is 14.0. The summed E-state index contributed by atoms with van der Waals surface area (Å²) in [6.07, 6.45) is 2.45. The number of halogens is 2. The molecule has 7 heteroatoms. The Labute approximate surface area is 164 Å². The average molecular weight is 395 g/mol. The number of rotatable bonds is 4. The number of aliphatic hydroxyl groups excluding tert-OH is 1. The Morgan fingerprint density at radius 3 is 2.62 bits per heavy atom. The van der Waals surface area contributed by atoms with E-state index in [-0.39, 0.29) is 41.2 Å². The number of benzene rings is 2. The number of Topliss-reactive ketones (excluding diaryl/α,β-unsaturated/α-hetero) is 2. The molecule has 0 saturated heterocycles. The van der Waals surface area contributed by atoms with Gasteiger partial charge in [-0.05, 0) is 42.8 Å². The molecule has 4 rings (SSSR count). The first-order valence-electron chi connectivity index (χ1n) is 8.96. The van der Waals surface area contributed by atoms with E-state index >= 15 is 0 Å². The molecule has 1 N–H and O–H groups in total. The summed E-state index contributed by atoms with van der Waals surface area (Å²) in [6, 6.07) is 8.97. The number of fused-ring (bicyclic) bond motifs is 1. The fraction of sp³-hybridized carbons (Fsp3) is 0.136. The summed E-state index contributed by atoms with van der Waals surface area (Å²) in [6.45, 7) is 0. The molecule has 0 saturated carbocycles. The minimum absolute atomic E-state index is 0.173. The van der Waals surface area contributed by atoms with Crippen molar-refractivity contribution in [2.24, 2.45) is 0 Å². The number of carbonyl (C=O) groups is 2. The van der Waals surface area contributed by atoms with Crippen molar-refractivity contribution in [2.75, 3.05) is 0 Å². The maximum Gasteiger partial charge on any atom is 0.200 e. The molecule has 0 fully saturated rings. The van der Waals surface area contributed by atoms with Crippen LogP contribution in [0, 0.1) is 11.6 Å². The number of aliphatic hydroxyl groups is 1. The van der Waals surface area contributed by atoms with Gasteiger partial charge in [-0.2, -0.15) is 0 Å². The Morgan fingerprint density at radius 2 is 1.86 bits per heavy atom. The van der Waals surface area contributed by atoms with Gasteiger partial charge in [-0.25, -0.2) is 8.78 Å². The highest BCUT2D eigenvalue weighted by Gasteiger charge is 2.27. The molecular formula is C22H15F2NO4. The first-order chi connectivity index (χ1) is 13.9. The molecule has 1 aliphatic rings. The van der Waals surface area contributed by atoms with Crippen LogP contribution in [0.4, 0.5) is 8.78 Å². The van der Waals surface area contributed by atoms with Gasteiger partial charge >= 0.3 is 0 Å². The van der Waals surface area contributed by atoms with Gasteiger partial charge in [0.2, 0.25) is 0 Å². The van der Waals surface area contributed by atoms with Crippen LogP contribution in [0.15, 0.2) is 60.0 Å². The molecule has 0 spiro atoms. The molecule has 0 atom stereocenters. The molecule has 29 heavy (non-hydrogen) atoms. The van der Waals surface area contributed by atoms with Gasteiger partial charge in [0.05, 0.1) is 5.52 Å².